The summed E-state index contributed by atoms with van der Waals surface area (Å²) in [5, 5.41) is 17.6. The summed E-state index contributed by atoms with van der Waals surface area (Å²) in [4.78, 5) is 3.90. The Morgan fingerprint density at radius 3 is 2.88 bits per heavy atom. The van der Waals surface area contributed by atoms with Crippen LogP contribution in [0.15, 0.2) is 12.4 Å². The molecule has 0 aliphatic rings. The number of aromatic nitrogens is 2. The number of hydrogen-bond donors (Lipinski definition) is 1. The predicted molar refractivity (Wildman–Crippen MR) is 59.0 cm³/mol. The molecular formula is C11H15N5. The molecule has 1 atom stereocenters. The van der Waals surface area contributed by atoms with Crippen LogP contribution in [0.2, 0.25) is 0 Å². The van der Waals surface area contributed by atoms with Gasteiger partial charge in [-0.05, 0) is 19.3 Å². The van der Waals surface area contributed by atoms with Gasteiger partial charge in [0.05, 0.1) is 6.07 Å². The molecule has 0 amide bonds. The lowest BCUT2D eigenvalue weighted by Crippen LogP contribution is -2.37. The Bertz CT molecular complexity index is 422. The first-order chi connectivity index (χ1) is 7.65. The van der Waals surface area contributed by atoms with E-state index < -0.39 is 5.54 Å². The molecule has 0 saturated heterocycles. The van der Waals surface area contributed by atoms with Crippen LogP contribution >= 0.6 is 0 Å². The molecule has 0 aliphatic carbocycles. The highest BCUT2D eigenvalue weighted by Crippen LogP contribution is 2.13. The second-order valence-corrected chi connectivity index (χ2v) is 3.78. The van der Waals surface area contributed by atoms with Crippen LogP contribution in [0.4, 0.5) is 0 Å². The predicted octanol–water partition coefficient (Wildman–Crippen LogP) is 1.17. The highest BCUT2D eigenvalue weighted by atomic mass is 15.1. The monoisotopic (exact) mass is 217 g/mol. The molecule has 1 heterocycles. The van der Waals surface area contributed by atoms with Gasteiger partial charge >= 0.3 is 0 Å². The van der Waals surface area contributed by atoms with E-state index in [9.17, 15) is 0 Å². The first-order valence-corrected chi connectivity index (χ1v) is 5.26. The van der Waals surface area contributed by atoms with Gasteiger partial charge in [0.1, 0.15) is 11.6 Å². The molecule has 1 unspecified atom stereocenters. The van der Waals surface area contributed by atoms with E-state index in [4.69, 9.17) is 16.3 Å². The van der Waals surface area contributed by atoms with Crippen LogP contribution in [0.25, 0.3) is 0 Å². The largest absolute Gasteiger partial charge is 0.323 e. The van der Waals surface area contributed by atoms with Gasteiger partial charge in [-0.3, -0.25) is 0 Å². The molecule has 0 bridgehead atoms. The SMILES string of the molecule is CCC(N)(C#N)CCCn1ccnc1C#N. The molecule has 1 aromatic rings. The Morgan fingerprint density at radius 2 is 2.31 bits per heavy atom. The van der Waals surface area contributed by atoms with Crippen LogP contribution in [0.1, 0.15) is 32.0 Å². The van der Waals surface area contributed by atoms with Crippen molar-refractivity contribution in [1.29, 1.82) is 10.5 Å². The normalized spacial score (nSPS) is 13.8. The number of nitrogens with two attached hydrogens (primary N) is 1. The van der Waals surface area contributed by atoms with Crippen LogP contribution in [0.5, 0.6) is 0 Å². The molecule has 0 fully saturated rings. The Labute approximate surface area is 95.1 Å². The van der Waals surface area contributed by atoms with Gasteiger partial charge in [-0.15, -0.1) is 0 Å². The molecule has 1 rings (SSSR count). The van der Waals surface area contributed by atoms with Crippen molar-refractivity contribution in [2.75, 3.05) is 0 Å². The molecular weight excluding hydrogens is 202 g/mol. The number of imidazole rings is 1. The Balaban J connectivity index is 2.49. The minimum Gasteiger partial charge on any atom is -0.323 e. The molecule has 0 radical (unpaired) electrons. The summed E-state index contributed by atoms with van der Waals surface area (Å²) < 4.78 is 1.77. The molecule has 0 spiro atoms. The topological polar surface area (TPSA) is 91.4 Å². The number of nitriles is 2. The van der Waals surface area contributed by atoms with Gasteiger partial charge in [0.2, 0.25) is 5.82 Å². The number of aryl methyl sites for hydroxylation is 1. The van der Waals surface area contributed by atoms with Crippen molar-refractivity contribution in [2.45, 2.75) is 38.3 Å². The Morgan fingerprint density at radius 1 is 1.56 bits per heavy atom. The Kier molecular flexibility index (Phi) is 4.04. The third-order valence-electron chi connectivity index (χ3n) is 2.69. The fraction of sp³-hybridized carbons (Fsp3) is 0.545. The maximum Gasteiger partial charge on any atom is 0.212 e. The highest BCUT2D eigenvalue weighted by Gasteiger charge is 2.21. The summed E-state index contributed by atoms with van der Waals surface area (Å²) in [6.07, 6.45) is 5.39. The van der Waals surface area contributed by atoms with Crippen molar-refractivity contribution in [2.24, 2.45) is 5.73 Å². The number of rotatable bonds is 5. The molecule has 84 valence electrons. The summed E-state index contributed by atoms with van der Waals surface area (Å²) in [5.74, 6) is 0.399. The third-order valence-corrected chi connectivity index (χ3v) is 2.69. The second-order valence-electron chi connectivity index (χ2n) is 3.78. The lowest BCUT2D eigenvalue weighted by Gasteiger charge is -2.18. The van der Waals surface area contributed by atoms with Crippen molar-refractivity contribution in [1.82, 2.24) is 9.55 Å². The van der Waals surface area contributed by atoms with Crippen LogP contribution in [-0.4, -0.2) is 15.1 Å². The molecule has 0 saturated carbocycles. The summed E-state index contributed by atoms with van der Waals surface area (Å²) >= 11 is 0. The summed E-state index contributed by atoms with van der Waals surface area (Å²) in [6.45, 7) is 2.57. The zero-order valence-corrected chi connectivity index (χ0v) is 9.35. The quantitative estimate of drug-likeness (QED) is 0.801. The van der Waals surface area contributed by atoms with Crippen molar-refractivity contribution in [3.63, 3.8) is 0 Å². The lowest BCUT2D eigenvalue weighted by molar-refractivity contribution is 0.443. The van der Waals surface area contributed by atoms with Crippen molar-refractivity contribution in [3.05, 3.63) is 18.2 Å². The van der Waals surface area contributed by atoms with E-state index in [1.165, 1.54) is 0 Å². The number of hydrogen-bond acceptors (Lipinski definition) is 4. The smallest absolute Gasteiger partial charge is 0.212 e. The Hall–Kier alpha value is -1.85. The van der Waals surface area contributed by atoms with E-state index in [2.05, 4.69) is 11.1 Å². The molecule has 0 aliphatic heterocycles. The van der Waals surface area contributed by atoms with E-state index in [-0.39, 0.29) is 0 Å². The van der Waals surface area contributed by atoms with E-state index in [1.54, 1.807) is 17.0 Å². The highest BCUT2D eigenvalue weighted by molar-refractivity contribution is 5.11. The van der Waals surface area contributed by atoms with Crippen molar-refractivity contribution >= 4 is 0 Å². The standard InChI is InChI=1S/C11H15N5/c1-2-11(14,9-13)4-3-6-16-7-5-15-10(16)8-12/h5,7H,2-4,6,14H2,1H3. The van der Waals surface area contributed by atoms with E-state index >= 15 is 0 Å². The van der Waals surface area contributed by atoms with E-state index in [0.29, 0.717) is 25.2 Å². The van der Waals surface area contributed by atoms with Crippen LogP contribution in [-0.2, 0) is 6.54 Å². The van der Waals surface area contributed by atoms with Gasteiger partial charge in [0, 0.05) is 18.9 Å². The van der Waals surface area contributed by atoms with Crippen LogP contribution in [0, 0.1) is 22.7 Å². The molecule has 2 N–H and O–H groups in total. The zero-order valence-electron chi connectivity index (χ0n) is 9.35. The van der Waals surface area contributed by atoms with E-state index in [1.807, 2.05) is 13.0 Å². The fourth-order valence-corrected chi connectivity index (χ4v) is 1.48. The van der Waals surface area contributed by atoms with Gasteiger partial charge in [-0.25, -0.2) is 4.98 Å². The molecule has 1 aromatic heterocycles. The minimum absolute atomic E-state index is 0.399. The van der Waals surface area contributed by atoms with E-state index in [0.717, 1.165) is 6.42 Å². The number of nitrogens with zero attached hydrogens (tertiary/aromatic N) is 4. The maximum absolute atomic E-state index is 8.90. The van der Waals surface area contributed by atoms with Gasteiger partial charge < -0.3 is 10.3 Å². The second kappa shape index (κ2) is 5.29. The third kappa shape index (κ3) is 2.82. The molecule has 5 heteroatoms. The van der Waals surface area contributed by atoms with Crippen molar-refractivity contribution in [3.8, 4) is 12.1 Å². The van der Waals surface area contributed by atoms with Crippen molar-refractivity contribution < 1.29 is 0 Å². The molecule has 16 heavy (non-hydrogen) atoms. The van der Waals surface area contributed by atoms with Gasteiger partial charge in [-0.2, -0.15) is 10.5 Å². The summed E-state index contributed by atoms with van der Waals surface area (Å²) in [5.41, 5.74) is 5.11. The average Bonchev–Trinajstić information content (AvgIpc) is 2.76. The first-order valence-electron chi connectivity index (χ1n) is 5.26. The summed E-state index contributed by atoms with van der Waals surface area (Å²) in [7, 11) is 0. The van der Waals surface area contributed by atoms with Crippen LogP contribution < -0.4 is 5.73 Å². The first kappa shape index (κ1) is 12.2. The molecule has 5 nitrogen and oxygen atoms in total. The molecule has 0 aromatic carbocycles. The van der Waals surface area contributed by atoms with Gasteiger partial charge in [0.15, 0.2) is 0 Å². The summed E-state index contributed by atoms with van der Waals surface area (Å²) in [6, 6.07) is 4.13. The minimum atomic E-state index is -0.743. The average molecular weight is 217 g/mol. The fourth-order valence-electron chi connectivity index (χ4n) is 1.48. The maximum atomic E-state index is 8.90. The lowest BCUT2D eigenvalue weighted by atomic mass is 9.93. The van der Waals surface area contributed by atoms with Crippen LogP contribution in [0.3, 0.4) is 0 Å². The van der Waals surface area contributed by atoms with Gasteiger partial charge in [-0.1, -0.05) is 6.92 Å². The van der Waals surface area contributed by atoms with Gasteiger partial charge in [0.25, 0.3) is 0 Å². The zero-order chi connectivity index (χ0) is 12.0.